The van der Waals surface area contributed by atoms with Crippen LogP contribution in [-0.2, 0) is 16.1 Å². The van der Waals surface area contributed by atoms with Crippen LogP contribution >= 0.6 is 31.9 Å². The largest absolute Gasteiger partial charge is 0.461 e. The fraction of sp³-hybridized carbons (Fsp3) is 0.455. The molecule has 0 saturated carbocycles. The van der Waals surface area contributed by atoms with E-state index in [0.29, 0.717) is 22.3 Å². The summed E-state index contributed by atoms with van der Waals surface area (Å²) in [6.07, 6.45) is -0.0492. The van der Waals surface area contributed by atoms with E-state index in [1.807, 2.05) is 6.92 Å². The summed E-state index contributed by atoms with van der Waals surface area (Å²) in [5.74, 6) is -0.429. The van der Waals surface area contributed by atoms with Gasteiger partial charge in [0, 0.05) is 11.1 Å². The van der Waals surface area contributed by atoms with Crippen molar-refractivity contribution in [1.29, 1.82) is 0 Å². The monoisotopic (exact) mass is 363 g/mol. The summed E-state index contributed by atoms with van der Waals surface area (Å²) in [4.78, 5) is 16.0. The highest BCUT2D eigenvalue weighted by molar-refractivity contribution is 9.11. The van der Waals surface area contributed by atoms with E-state index in [0.717, 1.165) is 11.1 Å². The van der Waals surface area contributed by atoms with Crippen LogP contribution in [0.3, 0.4) is 0 Å². The van der Waals surface area contributed by atoms with Gasteiger partial charge in [-0.1, -0.05) is 0 Å². The molecule has 6 heteroatoms. The van der Waals surface area contributed by atoms with Crippen molar-refractivity contribution in [2.45, 2.75) is 26.6 Å². The average Bonchev–Trinajstić information content (AvgIpc) is 2.67. The van der Waals surface area contributed by atoms with Crippen molar-refractivity contribution in [3.8, 4) is 0 Å². The summed E-state index contributed by atoms with van der Waals surface area (Å²) in [7, 11) is 0. The molecule has 0 amide bonds. The van der Waals surface area contributed by atoms with E-state index in [4.69, 9.17) is 9.47 Å². The van der Waals surface area contributed by atoms with Gasteiger partial charge >= 0.3 is 5.97 Å². The number of esters is 1. The fourth-order valence-corrected chi connectivity index (χ4v) is 3.09. The lowest BCUT2D eigenvalue weighted by atomic mass is 10.1. The quantitative estimate of drug-likeness (QED) is 0.596. The molecule has 1 aromatic rings. The average molecular weight is 365 g/mol. The molecule has 0 aromatic carbocycles. The van der Waals surface area contributed by atoms with Crippen LogP contribution in [-0.4, -0.2) is 17.6 Å². The molecule has 1 unspecified atom stereocenters. The molecule has 0 saturated heterocycles. The van der Waals surface area contributed by atoms with Gasteiger partial charge in [-0.2, -0.15) is 0 Å². The summed E-state index contributed by atoms with van der Waals surface area (Å²) in [6.45, 7) is 4.54. The second kappa shape index (κ2) is 5.04. The van der Waals surface area contributed by atoms with E-state index in [2.05, 4.69) is 36.8 Å². The van der Waals surface area contributed by atoms with Gasteiger partial charge in [-0.3, -0.25) is 0 Å². The molecule has 92 valence electrons. The Hall–Kier alpha value is -0.460. The molecule has 1 aromatic heterocycles. The van der Waals surface area contributed by atoms with E-state index < -0.39 is 5.97 Å². The van der Waals surface area contributed by atoms with Gasteiger partial charge in [0.05, 0.1) is 23.8 Å². The first kappa shape index (κ1) is 13.0. The van der Waals surface area contributed by atoms with Crippen molar-refractivity contribution in [2.75, 3.05) is 6.61 Å². The zero-order chi connectivity index (χ0) is 12.6. The molecule has 1 atom stereocenters. The summed E-state index contributed by atoms with van der Waals surface area (Å²) >= 11 is 6.77. The SMILES string of the molecule is CCOC(=O)c1nc(Br)c2c(c1Br)C(C)OC2. The highest BCUT2D eigenvalue weighted by atomic mass is 79.9. The summed E-state index contributed by atoms with van der Waals surface area (Å²) < 4.78 is 11.8. The maximum absolute atomic E-state index is 11.7. The Morgan fingerprint density at radius 1 is 1.59 bits per heavy atom. The predicted molar refractivity (Wildman–Crippen MR) is 68.8 cm³/mol. The molecule has 0 N–H and O–H groups in total. The van der Waals surface area contributed by atoms with E-state index in [1.165, 1.54) is 0 Å². The minimum atomic E-state index is -0.429. The predicted octanol–water partition coefficient (Wildman–Crippen LogP) is 3.37. The molecule has 0 aliphatic carbocycles. The van der Waals surface area contributed by atoms with E-state index >= 15 is 0 Å². The topological polar surface area (TPSA) is 48.4 Å². The Morgan fingerprint density at radius 2 is 2.29 bits per heavy atom. The van der Waals surface area contributed by atoms with E-state index in [-0.39, 0.29) is 11.8 Å². The number of ether oxygens (including phenoxy) is 2. The molecule has 1 aliphatic heterocycles. The maximum Gasteiger partial charge on any atom is 0.358 e. The molecular formula is C11H11Br2NO3. The number of hydrogen-bond acceptors (Lipinski definition) is 4. The zero-order valence-corrected chi connectivity index (χ0v) is 12.6. The smallest absolute Gasteiger partial charge is 0.358 e. The third-order valence-electron chi connectivity index (χ3n) is 2.58. The molecule has 0 bridgehead atoms. The molecule has 17 heavy (non-hydrogen) atoms. The third kappa shape index (κ3) is 2.26. The molecular weight excluding hydrogens is 354 g/mol. The maximum atomic E-state index is 11.7. The molecule has 2 rings (SSSR count). The van der Waals surface area contributed by atoms with Gasteiger partial charge in [0.2, 0.25) is 0 Å². The highest BCUT2D eigenvalue weighted by Crippen LogP contribution is 2.40. The molecule has 0 radical (unpaired) electrons. The van der Waals surface area contributed by atoms with E-state index in [1.54, 1.807) is 6.92 Å². The van der Waals surface area contributed by atoms with Crippen molar-refractivity contribution in [1.82, 2.24) is 4.98 Å². The van der Waals surface area contributed by atoms with Gasteiger partial charge in [-0.05, 0) is 45.7 Å². The van der Waals surface area contributed by atoms with Crippen LogP contribution in [0.4, 0.5) is 0 Å². The van der Waals surface area contributed by atoms with Gasteiger partial charge < -0.3 is 9.47 Å². The van der Waals surface area contributed by atoms with Crippen LogP contribution in [0.1, 0.15) is 41.6 Å². The highest BCUT2D eigenvalue weighted by Gasteiger charge is 2.29. The van der Waals surface area contributed by atoms with Crippen LogP contribution in [0.25, 0.3) is 0 Å². The van der Waals surface area contributed by atoms with Crippen molar-refractivity contribution < 1.29 is 14.3 Å². The lowest BCUT2D eigenvalue weighted by Gasteiger charge is -2.11. The van der Waals surface area contributed by atoms with Gasteiger partial charge in [-0.15, -0.1) is 0 Å². The van der Waals surface area contributed by atoms with Crippen LogP contribution in [0, 0.1) is 0 Å². The second-order valence-corrected chi connectivity index (χ2v) is 5.18. The third-order valence-corrected chi connectivity index (χ3v) is 4.04. The Morgan fingerprint density at radius 3 is 2.94 bits per heavy atom. The number of carbonyl (C=O) groups excluding carboxylic acids is 1. The number of rotatable bonds is 2. The first-order valence-electron chi connectivity index (χ1n) is 5.22. The van der Waals surface area contributed by atoms with Crippen LogP contribution < -0.4 is 0 Å². The molecule has 1 aliphatic rings. The number of carbonyl (C=O) groups is 1. The summed E-state index contributed by atoms with van der Waals surface area (Å²) in [5, 5.41) is 0. The second-order valence-electron chi connectivity index (χ2n) is 3.63. The minimum Gasteiger partial charge on any atom is -0.461 e. The number of fused-ring (bicyclic) bond motifs is 1. The molecule has 0 fully saturated rings. The van der Waals surface area contributed by atoms with E-state index in [9.17, 15) is 4.79 Å². The lowest BCUT2D eigenvalue weighted by Crippen LogP contribution is -2.10. The minimum absolute atomic E-state index is 0.0492. The number of hydrogen-bond donors (Lipinski definition) is 0. The van der Waals surface area contributed by atoms with Crippen LogP contribution in [0.5, 0.6) is 0 Å². The van der Waals surface area contributed by atoms with Gasteiger partial charge in [0.15, 0.2) is 5.69 Å². The van der Waals surface area contributed by atoms with Gasteiger partial charge in [0.25, 0.3) is 0 Å². The van der Waals surface area contributed by atoms with Gasteiger partial charge in [-0.25, -0.2) is 9.78 Å². The van der Waals surface area contributed by atoms with Crippen LogP contribution in [0.2, 0.25) is 0 Å². The zero-order valence-electron chi connectivity index (χ0n) is 9.42. The first-order valence-corrected chi connectivity index (χ1v) is 6.81. The Kier molecular flexibility index (Phi) is 3.85. The Balaban J connectivity index is 2.53. The van der Waals surface area contributed by atoms with Crippen molar-refractivity contribution in [3.63, 3.8) is 0 Å². The van der Waals surface area contributed by atoms with Crippen molar-refractivity contribution in [2.24, 2.45) is 0 Å². The Bertz CT molecular complexity index is 476. The van der Waals surface area contributed by atoms with Gasteiger partial charge in [0.1, 0.15) is 4.60 Å². The van der Waals surface area contributed by atoms with Crippen molar-refractivity contribution >= 4 is 37.8 Å². The molecule has 4 nitrogen and oxygen atoms in total. The standard InChI is InChI=1S/C11H11Br2NO3/c1-3-16-11(15)9-8(12)7-5(2)17-4-6(7)10(13)14-9/h5H,3-4H2,1-2H3. The number of nitrogens with zero attached hydrogens (tertiary/aromatic N) is 1. The normalized spacial score (nSPS) is 18.0. The molecule has 0 spiro atoms. The van der Waals surface area contributed by atoms with Crippen LogP contribution in [0.15, 0.2) is 9.08 Å². The summed E-state index contributed by atoms with van der Waals surface area (Å²) in [6, 6.07) is 0. The first-order chi connectivity index (χ1) is 8.06. The Labute approximate surface area is 116 Å². The van der Waals surface area contributed by atoms with Crippen molar-refractivity contribution in [3.05, 3.63) is 25.9 Å². The number of halogens is 2. The summed E-state index contributed by atoms with van der Waals surface area (Å²) in [5.41, 5.74) is 2.24. The fourth-order valence-electron chi connectivity index (χ4n) is 1.77. The number of aromatic nitrogens is 1. The molecule has 2 heterocycles. The number of pyridine rings is 1. The lowest BCUT2D eigenvalue weighted by molar-refractivity contribution is 0.0517.